The Bertz CT molecular complexity index is 711. The molecule has 0 bridgehead atoms. The van der Waals surface area contributed by atoms with Gasteiger partial charge in [0.05, 0.1) is 10.5 Å². The summed E-state index contributed by atoms with van der Waals surface area (Å²) < 4.78 is 14.0. The van der Waals surface area contributed by atoms with Crippen molar-refractivity contribution in [3.63, 3.8) is 0 Å². The second-order valence-corrected chi connectivity index (χ2v) is 4.47. The maximum Gasteiger partial charge on any atom is 0.270 e. The van der Waals surface area contributed by atoms with Gasteiger partial charge in [0.15, 0.2) is 5.82 Å². The molecule has 0 saturated carbocycles. The Morgan fingerprint density at radius 1 is 1.48 bits per heavy atom. The zero-order chi connectivity index (χ0) is 15.6. The van der Waals surface area contributed by atoms with E-state index < -0.39 is 16.6 Å². The lowest BCUT2D eigenvalue weighted by Gasteiger charge is -2.05. The lowest BCUT2D eigenvalue weighted by molar-refractivity contribution is -0.385. The molecular formula is C13H13FN4O3. The zero-order valence-corrected chi connectivity index (χ0v) is 11.4. The van der Waals surface area contributed by atoms with E-state index in [1.807, 2.05) is 6.92 Å². The number of amides is 1. The average molecular weight is 292 g/mol. The van der Waals surface area contributed by atoms with E-state index in [4.69, 9.17) is 0 Å². The number of benzene rings is 1. The maximum absolute atomic E-state index is 14.0. The van der Waals surface area contributed by atoms with Gasteiger partial charge in [0.1, 0.15) is 5.82 Å². The van der Waals surface area contributed by atoms with Crippen LogP contribution in [0.5, 0.6) is 0 Å². The Morgan fingerprint density at radius 3 is 2.76 bits per heavy atom. The number of aromatic amines is 1. The molecule has 0 aliphatic carbocycles. The Morgan fingerprint density at radius 2 is 2.19 bits per heavy atom. The molecule has 1 aromatic carbocycles. The van der Waals surface area contributed by atoms with Crippen LogP contribution in [0.2, 0.25) is 0 Å². The summed E-state index contributed by atoms with van der Waals surface area (Å²) in [6.45, 7) is 3.27. The van der Waals surface area contributed by atoms with Crippen LogP contribution >= 0.6 is 0 Å². The number of nitro groups is 1. The predicted octanol–water partition coefficient (Wildman–Crippen LogP) is 2.58. The third-order valence-electron chi connectivity index (χ3n) is 2.95. The number of hydrogen-bond donors (Lipinski definition) is 2. The number of halogens is 1. The van der Waals surface area contributed by atoms with Crippen molar-refractivity contribution in [2.24, 2.45) is 0 Å². The molecule has 1 aromatic heterocycles. The number of aryl methyl sites for hydroxylation is 2. The largest absolute Gasteiger partial charge is 0.305 e. The second-order valence-electron chi connectivity index (χ2n) is 4.47. The molecule has 0 unspecified atom stereocenters. The van der Waals surface area contributed by atoms with E-state index >= 15 is 0 Å². The van der Waals surface area contributed by atoms with Crippen molar-refractivity contribution in [2.45, 2.75) is 20.3 Å². The zero-order valence-electron chi connectivity index (χ0n) is 11.4. The van der Waals surface area contributed by atoms with Crippen LogP contribution < -0.4 is 5.32 Å². The van der Waals surface area contributed by atoms with E-state index in [-0.39, 0.29) is 22.6 Å². The minimum Gasteiger partial charge on any atom is -0.305 e. The maximum atomic E-state index is 14.0. The molecule has 0 aliphatic rings. The number of carbonyl (C=O) groups excluding carboxylic acids is 1. The normalized spacial score (nSPS) is 10.4. The first-order valence-electron chi connectivity index (χ1n) is 6.22. The summed E-state index contributed by atoms with van der Waals surface area (Å²) in [5.41, 5.74) is 0.115. The summed E-state index contributed by atoms with van der Waals surface area (Å²) in [7, 11) is 0. The van der Waals surface area contributed by atoms with Crippen LogP contribution in [0.4, 0.5) is 15.9 Å². The minimum absolute atomic E-state index is 0.0330. The Labute approximate surface area is 119 Å². The van der Waals surface area contributed by atoms with Gasteiger partial charge >= 0.3 is 0 Å². The lowest BCUT2D eigenvalue weighted by atomic mass is 10.1. The molecule has 21 heavy (non-hydrogen) atoms. The molecule has 0 spiro atoms. The molecule has 2 N–H and O–H groups in total. The first kappa shape index (κ1) is 14.6. The molecule has 0 atom stereocenters. The lowest BCUT2D eigenvalue weighted by Crippen LogP contribution is -2.15. The van der Waals surface area contributed by atoms with Gasteiger partial charge in [0.2, 0.25) is 0 Å². The number of hydrogen-bond acceptors (Lipinski definition) is 4. The van der Waals surface area contributed by atoms with Crippen LogP contribution in [-0.2, 0) is 6.42 Å². The number of H-pyrrole nitrogens is 1. The van der Waals surface area contributed by atoms with Gasteiger partial charge in [0.25, 0.3) is 11.6 Å². The molecule has 0 aliphatic heterocycles. The highest BCUT2D eigenvalue weighted by molar-refractivity contribution is 6.04. The molecule has 2 rings (SSSR count). The summed E-state index contributed by atoms with van der Waals surface area (Å²) in [4.78, 5) is 22.1. The number of nitrogens with one attached hydrogen (secondary N) is 2. The van der Waals surface area contributed by atoms with Gasteiger partial charge in [-0.1, -0.05) is 6.92 Å². The van der Waals surface area contributed by atoms with Crippen LogP contribution in [0.3, 0.4) is 0 Å². The highest BCUT2D eigenvalue weighted by Gasteiger charge is 2.20. The van der Waals surface area contributed by atoms with Crippen molar-refractivity contribution in [3.8, 4) is 0 Å². The van der Waals surface area contributed by atoms with Crippen LogP contribution in [0.25, 0.3) is 0 Å². The fourth-order valence-electron chi connectivity index (χ4n) is 1.81. The quantitative estimate of drug-likeness (QED) is 0.668. The van der Waals surface area contributed by atoms with Gasteiger partial charge in [-0.3, -0.25) is 20.0 Å². The molecule has 8 heteroatoms. The number of anilines is 1. The van der Waals surface area contributed by atoms with Gasteiger partial charge in [0, 0.05) is 23.9 Å². The number of rotatable bonds is 4. The van der Waals surface area contributed by atoms with E-state index in [0.717, 1.165) is 17.8 Å². The topological polar surface area (TPSA) is 101 Å². The van der Waals surface area contributed by atoms with Gasteiger partial charge in [-0.05, 0) is 18.9 Å². The molecule has 0 radical (unpaired) electrons. The standard InChI is InChI=1S/C13H13FN4O3/c1-3-8-5-11(17-16-8)15-13(19)10-6-9(18(20)21)4-7(2)12(10)14/h4-6H,3H2,1-2H3,(H2,15,16,17,19). The highest BCUT2D eigenvalue weighted by Crippen LogP contribution is 2.22. The van der Waals surface area contributed by atoms with Crippen molar-refractivity contribution in [1.82, 2.24) is 10.2 Å². The summed E-state index contributed by atoms with van der Waals surface area (Å²) >= 11 is 0. The van der Waals surface area contributed by atoms with Gasteiger partial charge in [-0.15, -0.1) is 0 Å². The smallest absolute Gasteiger partial charge is 0.270 e. The molecular weight excluding hydrogens is 279 g/mol. The van der Waals surface area contributed by atoms with Crippen molar-refractivity contribution in [2.75, 3.05) is 5.32 Å². The SMILES string of the molecule is CCc1cc(NC(=O)c2cc([N+](=O)[O-])cc(C)c2F)n[nH]1. The van der Waals surface area contributed by atoms with E-state index in [1.165, 1.54) is 6.92 Å². The number of nitro benzene ring substituents is 1. The van der Waals surface area contributed by atoms with E-state index in [1.54, 1.807) is 6.07 Å². The van der Waals surface area contributed by atoms with Crippen molar-refractivity contribution >= 4 is 17.4 Å². The Kier molecular flexibility index (Phi) is 3.97. The monoisotopic (exact) mass is 292 g/mol. The summed E-state index contributed by atoms with van der Waals surface area (Å²) in [6.07, 6.45) is 0.702. The molecule has 2 aromatic rings. The highest BCUT2D eigenvalue weighted by atomic mass is 19.1. The fraction of sp³-hybridized carbons (Fsp3) is 0.231. The average Bonchev–Trinajstić information content (AvgIpc) is 2.88. The van der Waals surface area contributed by atoms with Crippen LogP contribution in [0, 0.1) is 22.9 Å². The van der Waals surface area contributed by atoms with Gasteiger partial charge in [-0.25, -0.2) is 4.39 Å². The van der Waals surface area contributed by atoms with Crippen LogP contribution in [0.1, 0.15) is 28.5 Å². The third-order valence-corrected chi connectivity index (χ3v) is 2.95. The van der Waals surface area contributed by atoms with Crippen molar-refractivity contribution < 1.29 is 14.1 Å². The van der Waals surface area contributed by atoms with Crippen LogP contribution in [-0.4, -0.2) is 21.0 Å². The van der Waals surface area contributed by atoms with Gasteiger partial charge < -0.3 is 5.32 Å². The minimum atomic E-state index is -0.788. The Balaban J connectivity index is 2.32. The number of nitrogens with zero attached hydrogens (tertiary/aromatic N) is 2. The predicted molar refractivity (Wildman–Crippen MR) is 73.7 cm³/mol. The van der Waals surface area contributed by atoms with Gasteiger partial charge in [-0.2, -0.15) is 5.10 Å². The van der Waals surface area contributed by atoms with E-state index in [0.29, 0.717) is 6.42 Å². The summed E-state index contributed by atoms with van der Waals surface area (Å²) in [5.74, 6) is -1.33. The molecule has 1 amide bonds. The number of carbonyl (C=O) groups is 1. The van der Waals surface area contributed by atoms with E-state index in [2.05, 4.69) is 15.5 Å². The van der Waals surface area contributed by atoms with E-state index in [9.17, 15) is 19.3 Å². The number of non-ortho nitro benzene ring substituents is 1. The molecule has 7 nitrogen and oxygen atoms in total. The fourth-order valence-corrected chi connectivity index (χ4v) is 1.81. The molecule has 110 valence electrons. The third kappa shape index (κ3) is 3.04. The molecule has 0 fully saturated rings. The van der Waals surface area contributed by atoms with Crippen molar-refractivity contribution in [1.29, 1.82) is 0 Å². The van der Waals surface area contributed by atoms with Crippen LogP contribution in [0.15, 0.2) is 18.2 Å². The second kappa shape index (κ2) is 5.70. The Hall–Kier alpha value is -2.77. The first-order chi connectivity index (χ1) is 9.92. The number of aromatic nitrogens is 2. The molecule has 0 saturated heterocycles. The van der Waals surface area contributed by atoms with Crippen molar-refractivity contribution in [3.05, 3.63) is 51.0 Å². The summed E-state index contributed by atoms with van der Waals surface area (Å²) in [5, 5.41) is 19.7. The molecule has 1 heterocycles. The first-order valence-corrected chi connectivity index (χ1v) is 6.22. The summed E-state index contributed by atoms with van der Waals surface area (Å²) in [6, 6.07) is 3.60.